The first-order valence-corrected chi connectivity index (χ1v) is 11.1. The Balaban J connectivity index is 1.93. The molecule has 8 heteroatoms. The largest absolute Gasteiger partial charge is 0.308 e. The van der Waals surface area contributed by atoms with Crippen molar-refractivity contribution in [3.63, 3.8) is 0 Å². The van der Waals surface area contributed by atoms with Gasteiger partial charge in [0.15, 0.2) is 0 Å². The topological polar surface area (TPSA) is 62.6 Å². The Labute approximate surface area is 172 Å². The normalized spacial score (nSPS) is 16.1. The fraction of sp³-hybridized carbons (Fsp3) is 0.250. The number of carbonyl (C=O) groups excluding carboxylic acids is 1. The predicted octanol–water partition coefficient (Wildman–Crippen LogP) is 3.23. The highest BCUT2D eigenvalue weighted by atomic mass is 79.9. The van der Waals surface area contributed by atoms with Crippen LogP contribution in [0.4, 0.5) is 5.69 Å². The maximum Gasteiger partial charge on any atom is 0.268 e. The molecule has 0 radical (unpaired) electrons. The molecule has 1 amide bonds. The van der Waals surface area contributed by atoms with E-state index in [2.05, 4.69) is 15.9 Å². The van der Waals surface area contributed by atoms with Crippen molar-refractivity contribution in [2.24, 2.45) is 0 Å². The van der Waals surface area contributed by atoms with E-state index in [1.165, 1.54) is 3.97 Å². The fourth-order valence-electron chi connectivity index (χ4n) is 3.47. The van der Waals surface area contributed by atoms with Gasteiger partial charge >= 0.3 is 0 Å². The molecule has 1 aromatic heterocycles. The number of piperazine rings is 1. The number of anilines is 1. The zero-order valence-electron chi connectivity index (χ0n) is 15.6. The Morgan fingerprint density at radius 3 is 2.43 bits per heavy atom. The van der Waals surface area contributed by atoms with E-state index in [0.29, 0.717) is 28.8 Å². The van der Waals surface area contributed by atoms with Gasteiger partial charge in [-0.1, -0.05) is 29.8 Å². The Morgan fingerprint density at radius 2 is 1.75 bits per heavy atom. The average Bonchev–Trinajstić information content (AvgIpc) is 3.00. The first-order valence-electron chi connectivity index (χ1n) is 8.90. The van der Waals surface area contributed by atoms with Crippen molar-refractivity contribution < 1.29 is 13.2 Å². The van der Waals surface area contributed by atoms with Crippen LogP contribution in [0.25, 0.3) is 10.9 Å². The van der Waals surface area contributed by atoms with Crippen molar-refractivity contribution >= 4 is 48.5 Å². The van der Waals surface area contributed by atoms with E-state index >= 15 is 0 Å². The highest BCUT2D eigenvalue weighted by Crippen LogP contribution is 2.36. The first-order chi connectivity index (χ1) is 13.3. The summed E-state index contributed by atoms with van der Waals surface area (Å²) in [5.41, 5.74) is 2.10. The Morgan fingerprint density at radius 1 is 1.04 bits per heavy atom. The fourth-order valence-corrected chi connectivity index (χ4v) is 5.51. The number of fused-ring (bicyclic) bond motifs is 1. The molecule has 1 fully saturated rings. The average molecular weight is 462 g/mol. The molecule has 1 saturated heterocycles. The molecule has 0 aliphatic carbocycles. The number of carbonyl (C=O) groups is 1. The van der Waals surface area contributed by atoms with Crippen molar-refractivity contribution in [3.05, 3.63) is 58.7 Å². The van der Waals surface area contributed by atoms with Gasteiger partial charge in [-0.2, -0.15) is 0 Å². The zero-order chi connectivity index (χ0) is 20.1. The van der Waals surface area contributed by atoms with E-state index in [1.807, 2.05) is 31.0 Å². The molecule has 2 aromatic carbocycles. The van der Waals surface area contributed by atoms with Gasteiger partial charge in [0.2, 0.25) is 5.91 Å². The van der Waals surface area contributed by atoms with Gasteiger partial charge in [0.25, 0.3) is 10.0 Å². The van der Waals surface area contributed by atoms with Gasteiger partial charge in [0.1, 0.15) is 0 Å². The summed E-state index contributed by atoms with van der Waals surface area (Å²) >= 11 is 3.48. The maximum atomic E-state index is 13.4. The molecule has 0 N–H and O–H groups in total. The van der Waals surface area contributed by atoms with E-state index in [9.17, 15) is 13.2 Å². The van der Waals surface area contributed by atoms with E-state index in [4.69, 9.17) is 0 Å². The second-order valence-electron chi connectivity index (χ2n) is 7.05. The van der Waals surface area contributed by atoms with Gasteiger partial charge < -0.3 is 4.90 Å². The quantitative estimate of drug-likeness (QED) is 0.600. The van der Waals surface area contributed by atoms with Crippen molar-refractivity contribution in [2.75, 3.05) is 31.6 Å². The van der Waals surface area contributed by atoms with E-state index in [0.717, 1.165) is 17.5 Å². The minimum atomic E-state index is -3.81. The lowest BCUT2D eigenvalue weighted by molar-refractivity contribution is -0.120. The van der Waals surface area contributed by atoms with Crippen LogP contribution < -0.4 is 4.90 Å². The van der Waals surface area contributed by atoms with Gasteiger partial charge in [-0.05, 0) is 48.1 Å². The van der Waals surface area contributed by atoms with Crippen molar-refractivity contribution in [1.82, 2.24) is 8.87 Å². The second-order valence-corrected chi connectivity index (χ2v) is 9.72. The molecule has 1 aliphatic heterocycles. The van der Waals surface area contributed by atoms with Crippen molar-refractivity contribution in [3.8, 4) is 0 Å². The lowest BCUT2D eigenvalue weighted by Gasteiger charge is -2.32. The number of rotatable bonds is 3. The summed E-state index contributed by atoms with van der Waals surface area (Å²) in [5, 5.41) is 0.750. The molecule has 146 valence electrons. The number of nitrogens with zero attached hydrogens (tertiary/aromatic N) is 3. The molecule has 1 aliphatic rings. The van der Waals surface area contributed by atoms with Gasteiger partial charge in [-0.25, -0.2) is 12.4 Å². The van der Waals surface area contributed by atoms with Crippen LogP contribution in [0.2, 0.25) is 0 Å². The second kappa shape index (κ2) is 7.02. The van der Waals surface area contributed by atoms with E-state index in [1.54, 1.807) is 41.4 Å². The molecule has 6 nitrogen and oxygen atoms in total. The molecule has 28 heavy (non-hydrogen) atoms. The Bertz CT molecular complexity index is 1170. The SMILES string of the molecule is Cc1ccc(S(=O)(=O)n2cc(Br)c3cccc(N4CCN(C)CC4=O)c32)cc1. The maximum absolute atomic E-state index is 13.4. The highest BCUT2D eigenvalue weighted by Gasteiger charge is 2.28. The van der Waals surface area contributed by atoms with Crippen molar-refractivity contribution in [1.29, 1.82) is 0 Å². The summed E-state index contributed by atoms with van der Waals surface area (Å²) in [4.78, 5) is 16.5. The summed E-state index contributed by atoms with van der Waals surface area (Å²) < 4.78 is 28.7. The summed E-state index contributed by atoms with van der Waals surface area (Å²) in [6, 6.07) is 12.3. The standard InChI is InChI=1S/C20H20BrN3O3S/c1-14-6-8-15(9-7-14)28(26,27)24-12-17(21)16-4-3-5-18(20(16)24)23-11-10-22(2)13-19(23)25/h3-9,12H,10-11,13H2,1-2H3. The lowest BCUT2D eigenvalue weighted by Crippen LogP contribution is -2.49. The van der Waals surface area contributed by atoms with Crippen LogP contribution in [0.1, 0.15) is 5.56 Å². The summed E-state index contributed by atoms with van der Waals surface area (Å²) in [6.07, 6.45) is 1.56. The Kier molecular flexibility index (Phi) is 4.81. The summed E-state index contributed by atoms with van der Waals surface area (Å²) in [5.74, 6) is -0.0437. The van der Waals surface area contributed by atoms with Crippen LogP contribution in [0.15, 0.2) is 58.0 Å². The zero-order valence-corrected chi connectivity index (χ0v) is 18.0. The molecular formula is C20H20BrN3O3S. The first kappa shape index (κ1) is 19.2. The van der Waals surface area contributed by atoms with Gasteiger partial charge in [0, 0.05) is 29.1 Å². The number of hydrogen-bond donors (Lipinski definition) is 0. The molecule has 0 unspecified atom stereocenters. The minimum absolute atomic E-state index is 0.0437. The van der Waals surface area contributed by atoms with Gasteiger partial charge in [-0.15, -0.1) is 0 Å². The molecule has 4 rings (SSSR count). The molecule has 0 saturated carbocycles. The van der Waals surface area contributed by atoms with Crippen LogP contribution in [0, 0.1) is 6.92 Å². The number of halogens is 1. The number of benzene rings is 2. The number of amides is 1. The van der Waals surface area contributed by atoms with Crippen molar-refractivity contribution in [2.45, 2.75) is 11.8 Å². The highest BCUT2D eigenvalue weighted by molar-refractivity contribution is 9.10. The molecule has 0 bridgehead atoms. The third-order valence-corrected chi connectivity index (χ3v) is 7.31. The minimum Gasteiger partial charge on any atom is -0.308 e. The molecule has 0 atom stereocenters. The Hall–Kier alpha value is -2.16. The van der Waals surface area contributed by atoms with Crippen LogP contribution in [-0.4, -0.2) is 49.9 Å². The number of aryl methyl sites for hydroxylation is 1. The number of hydrogen-bond acceptors (Lipinski definition) is 4. The van der Waals surface area contributed by atoms with Gasteiger partial charge in [-0.3, -0.25) is 9.69 Å². The molecule has 3 aromatic rings. The third kappa shape index (κ3) is 3.15. The number of para-hydroxylation sites is 1. The van der Waals surface area contributed by atoms with Crippen LogP contribution >= 0.6 is 15.9 Å². The lowest BCUT2D eigenvalue weighted by atomic mass is 10.2. The summed E-state index contributed by atoms with van der Waals surface area (Å²) in [7, 11) is -1.91. The molecule has 2 heterocycles. The predicted molar refractivity (Wildman–Crippen MR) is 113 cm³/mol. The van der Waals surface area contributed by atoms with E-state index in [-0.39, 0.29) is 10.8 Å². The molecule has 0 spiro atoms. The number of likely N-dealkylation sites (N-methyl/N-ethyl adjacent to an activating group) is 1. The summed E-state index contributed by atoms with van der Waals surface area (Å²) in [6.45, 7) is 3.47. The van der Waals surface area contributed by atoms with E-state index < -0.39 is 10.0 Å². The smallest absolute Gasteiger partial charge is 0.268 e. The third-order valence-electron chi connectivity index (χ3n) is 5.00. The molecular weight excluding hydrogens is 442 g/mol. The van der Waals surface area contributed by atoms with Crippen LogP contribution in [-0.2, 0) is 14.8 Å². The monoisotopic (exact) mass is 461 g/mol. The van der Waals surface area contributed by atoms with Crippen LogP contribution in [0.5, 0.6) is 0 Å². The number of aromatic nitrogens is 1. The van der Waals surface area contributed by atoms with Crippen LogP contribution in [0.3, 0.4) is 0 Å². The van der Waals surface area contributed by atoms with Gasteiger partial charge in [0.05, 0.1) is 22.6 Å².